The zero-order chi connectivity index (χ0) is 22.5. The lowest BCUT2D eigenvalue weighted by Crippen LogP contribution is -2.44. The molecule has 2 amide bonds. The van der Waals surface area contributed by atoms with Crippen molar-refractivity contribution in [1.82, 2.24) is 10.2 Å². The topological polar surface area (TPSA) is 58.6 Å². The molecule has 0 radical (unpaired) electrons. The van der Waals surface area contributed by atoms with Crippen molar-refractivity contribution in [2.45, 2.75) is 45.1 Å². The fourth-order valence-corrected chi connectivity index (χ4v) is 3.53. The number of methoxy groups -OCH3 is 1. The molecule has 0 heterocycles. The van der Waals surface area contributed by atoms with Crippen LogP contribution in [0.3, 0.4) is 0 Å². The second kappa shape index (κ2) is 13.8. The van der Waals surface area contributed by atoms with Crippen LogP contribution in [-0.2, 0) is 20.7 Å². The summed E-state index contributed by atoms with van der Waals surface area (Å²) in [5, 5.41) is 3.55. The minimum Gasteiger partial charge on any atom is -0.385 e. The largest absolute Gasteiger partial charge is 0.385 e. The van der Waals surface area contributed by atoms with E-state index in [0.29, 0.717) is 24.7 Å². The van der Waals surface area contributed by atoms with E-state index in [-0.39, 0.29) is 18.2 Å². The number of amides is 2. The molecule has 1 N–H and O–H groups in total. The van der Waals surface area contributed by atoms with Crippen molar-refractivity contribution in [1.29, 1.82) is 0 Å². The van der Waals surface area contributed by atoms with Crippen LogP contribution in [0.5, 0.6) is 0 Å². The van der Waals surface area contributed by atoms with Gasteiger partial charge >= 0.3 is 0 Å². The molecule has 0 aliphatic carbocycles. The van der Waals surface area contributed by atoms with E-state index >= 15 is 0 Å². The number of carbonyl (C=O) groups excluding carboxylic acids is 2. The van der Waals surface area contributed by atoms with Crippen molar-refractivity contribution in [3.63, 3.8) is 0 Å². The minimum atomic E-state index is -0.752. The molecule has 0 saturated carbocycles. The lowest BCUT2D eigenvalue weighted by atomic mass is 10.0. The third-order valence-corrected chi connectivity index (χ3v) is 5.33. The Labute approximate surface area is 190 Å². The number of hydrogen-bond donors (Lipinski definition) is 1. The van der Waals surface area contributed by atoms with Crippen molar-refractivity contribution in [2.24, 2.45) is 0 Å². The summed E-state index contributed by atoms with van der Waals surface area (Å²) >= 11 is 6.04. The lowest BCUT2D eigenvalue weighted by molar-refractivity contribution is -0.136. The molecular weight excluding hydrogens is 412 g/mol. The van der Waals surface area contributed by atoms with E-state index in [1.807, 2.05) is 35.2 Å². The van der Waals surface area contributed by atoms with Crippen molar-refractivity contribution in [3.05, 3.63) is 70.7 Å². The third-order valence-electron chi connectivity index (χ3n) is 5.08. The van der Waals surface area contributed by atoms with Crippen LogP contribution in [0.2, 0.25) is 5.02 Å². The number of benzene rings is 2. The average Bonchev–Trinajstić information content (AvgIpc) is 2.77. The van der Waals surface area contributed by atoms with E-state index in [0.717, 1.165) is 36.8 Å². The van der Waals surface area contributed by atoms with Crippen molar-refractivity contribution < 1.29 is 14.3 Å². The molecule has 0 fully saturated rings. The molecule has 0 aliphatic heterocycles. The first kappa shape index (κ1) is 24.9. The highest BCUT2D eigenvalue weighted by Crippen LogP contribution is 2.20. The highest BCUT2D eigenvalue weighted by atomic mass is 35.5. The van der Waals surface area contributed by atoms with Crippen molar-refractivity contribution in [2.75, 3.05) is 26.8 Å². The molecule has 1 atom stereocenters. The molecule has 0 aliphatic rings. The van der Waals surface area contributed by atoms with E-state index in [4.69, 9.17) is 16.3 Å². The van der Waals surface area contributed by atoms with Gasteiger partial charge in [-0.05, 0) is 36.1 Å². The first-order valence-electron chi connectivity index (χ1n) is 10.9. The molecule has 0 unspecified atom stereocenters. The maximum Gasteiger partial charge on any atom is 0.249 e. The molecular formula is C25H33ClN2O3. The summed E-state index contributed by atoms with van der Waals surface area (Å²) < 4.78 is 5.16. The molecule has 5 nitrogen and oxygen atoms in total. The first-order chi connectivity index (χ1) is 15.0. The summed E-state index contributed by atoms with van der Waals surface area (Å²) in [7, 11) is 1.66. The van der Waals surface area contributed by atoms with Crippen LogP contribution < -0.4 is 5.32 Å². The quantitative estimate of drug-likeness (QED) is 0.451. The lowest BCUT2D eigenvalue weighted by Gasteiger charge is -2.28. The number of nitrogens with one attached hydrogen (secondary N) is 1. The Kier molecular flexibility index (Phi) is 11.1. The second-order valence-electron chi connectivity index (χ2n) is 7.59. The Hall–Kier alpha value is -2.37. The highest BCUT2D eigenvalue weighted by molar-refractivity contribution is 6.30. The minimum absolute atomic E-state index is 0.101. The van der Waals surface area contributed by atoms with Gasteiger partial charge in [0.1, 0.15) is 6.04 Å². The molecule has 0 bridgehead atoms. The van der Waals surface area contributed by atoms with Gasteiger partial charge in [0.15, 0.2) is 0 Å². The Morgan fingerprint density at radius 3 is 2.32 bits per heavy atom. The predicted molar refractivity (Wildman–Crippen MR) is 125 cm³/mol. The number of hydrogen-bond acceptors (Lipinski definition) is 3. The summed E-state index contributed by atoms with van der Waals surface area (Å²) in [5.74, 6) is -0.291. The Morgan fingerprint density at radius 1 is 1.00 bits per heavy atom. The molecule has 31 heavy (non-hydrogen) atoms. The van der Waals surface area contributed by atoms with Gasteiger partial charge in [-0.1, -0.05) is 73.8 Å². The zero-order valence-corrected chi connectivity index (χ0v) is 19.2. The van der Waals surface area contributed by atoms with Gasteiger partial charge in [0.2, 0.25) is 11.8 Å². The number of nitrogens with zero attached hydrogens (tertiary/aromatic N) is 1. The SMILES string of the molecule is CCCCCN(CCCOC)C(=O)[C@@H](NC(=O)Cc1ccccc1)c1ccc(Cl)cc1. The highest BCUT2D eigenvalue weighted by Gasteiger charge is 2.27. The van der Waals surface area contributed by atoms with Crippen molar-refractivity contribution >= 4 is 23.4 Å². The molecule has 0 spiro atoms. The Morgan fingerprint density at radius 2 is 1.68 bits per heavy atom. The molecule has 0 saturated heterocycles. The Balaban J connectivity index is 2.20. The van der Waals surface area contributed by atoms with Gasteiger partial charge in [-0.2, -0.15) is 0 Å². The average molecular weight is 445 g/mol. The molecule has 168 valence electrons. The van der Waals surface area contributed by atoms with Gasteiger partial charge in [0.25, 0.3) is 0 Å². The monoisotopic (exact) mass is 444 g/mol. The summed E-state index contributed by atoms with van der Waals surface area (Å²) in [6, 6.07) is 15.8. The van der Waals surface area contributed by atoms with Crippen LogP contribution in [0.1, 0.15) is 49.8 Å². The van der Waals surface area contributed by atoms with Crippen molar-refractivity contribution in [3.8, 4) is 0 Å². The van der Waals surface area contributed by atoms with Gasteiger partial charge in [-0.3, -0.25) is 9.59 Å². The smallest absolute Gasteiger partial charge is 0.249 e. The summed E-state index contributed by atoms with van der Waals surface area (Å²) in [6.07, 6.45) is 4.03. The van der Waals surface area contributed by atoms with Crippen LogP contribution in [0, 0.1) is 0 Å². The van der Waals surface area contributed by atoms with Crippen LogP contribution >= 0.6 is 11.6 Å². The summed E-state index contributed by atoms with van der Waals surface area (Å²) in [4.78, 5) is 28.2. The molecule has 6 heteroatoms. The predicted octanol–water partition coefficient (Wildman–Crippen LogP) is 4.80. The normalized spacial score (nSPS) is 11.7. The molecule has 0 aromatic heterocycles. The van der Waals surface area contributed by atoms with Gasteiger partial charge in [0.05, 0.1) is 6.42 Å². The zero-order valence-electron chi connectivity index (χ0n) is 18.5. The van der Waals surface area contributed by atoms with Crippen LogP contribution in [0.4, 0.5) is 0 Å². The molecule has 2 rings (SSSR count). The first-order valence-corrected chi connectivity index (χ1v) is 11.3. The molecule has 2 aromatic carbocycles. The van der Waals surface area contributed by atoms with Gasteiger partial charge in [-0.15, -0.1) is 0 Å². The van der Waals surface area contributed by atoms with E-state index in [1.165, 1.54) is 0 Å². The van der Waals surface area contributed by atoms with E-state index in [1.54, 1.807) is 31.4 Å². The maximum atomic E-state index is 13.5. The van der Waals surface area contributed by atoms with Crippen LogP contribution in [-0.4, -0.2) is 43.5 Å². The standard InChI is InChI=1S/C25H33ClN2O3/c1-3-4-8-16-28(17-9-18-31-2)25(30)24(21-12-14-22(26)15-13-21)27-23(29)19-20-10-6-5-7-11-20/h5-7,10-15,24H,3-4,8-9,16-19H2,1-2H3,(H,27,29)/t24-/m0/s1. The number of carbonyl (C=O) groups is 2. The van der Waals surface area contributed by atoms with E-state index in [2.05, 4.69) is 12.2 Å². The van der Waals surface area contributed by atoms with Crippen LogP contribution in [0.15, 0.2) is 54.6 Å². The number of halogens is 1. The summed E-state index contributed by atoms with van der Waals surface area (Å²) in [5.41, 5.74) is 1.63. The number of rotatable bonds is 13. The second-order valence-corrected chi connectivity index (χ2v) is 8.03. The molecule has 2 aromatic rings. The van der Waals surface area contributed by atoms with Gasteiger partial charge < -0.3 is 15.0 Å². The fourth-order valence-electron chi connectivity index (χ4n) is 3.40. The fraction of sp³-hybridized carbons (Fsp3) is 0.440. The summed E-state index contributed by atoms with van der Waals surface area (Å²) in [6.45, 7) is 3.98. The number of ether oxygens (including phenoxy) is 1. The van der Waals surface area contributed by atoms with E-state index in [9.17, 15) is 9.59 Å². The van der Waals surface area contributed by atoms with Gasteiger partial charge in [0, 0.05) is 31.8 Å². The van der Waals surface area contributed by atoms with Gasteiger partial charge in [-0.25, -0.2) is 0 Å². The maximum absolute atomic E-state index is 13.5. The van der Waals surface area contributed by atoms with E-state index < -0.39 is 6.04 Å². The Bertz CT molecular complexity index is 786. The van der Waals surface area contributed by atoms with Crippen LogP contribution in [0.25, 0.3) is 0 Å². The third kappa shape index (κ3) is 8.72. The number of unbranched alkanes of at least 4 members (excludes halogenated alkanes) is 2.